The standard InChI is InChI=1S/C16H24BrNS/c1-2-18-15(11-13-5-3-4-6-13)12-19-16-9-7-14(17)8-10-16/h7-10,13,15,18H,2-6,11-12H2,1H3. The lowest BCUT2D eigenvalue weighted by molar-refractivity contribution is 0.415. The number of hydrogen-bond donors (Lipinski definition) is 1. The minimum Gasteiger partial charge on any atom is -0.313 e. The monoisotopic (exact) mass is 341 g/mol. The molecule has 19 heavy (non-hydrogen) atoms. The average Bonchev–Trinajstić information content (AvgIpc) is 2.91. The molecule has 1 saturated carbocycles. The summed E-state index contributed by atoms with van der Waals surface area (Å²) >= 11 is 5.46. The Kier molecular flexibility index (Phi) is 6.75. The summed E-state index contributed by atoms with van der Waals surface area (Å²) in [5.74, 6) is 2.15. The van der Waals surface area contributed by atoms with E-state index in [1.165, 1.54) is 42.8 Å². The first-order valence-corrected chi connectivity index (χ1v) is 9.17. The van der Waals surface area contributed by atoms with Gasteiger partial charge >= 0.3 is 0 Å². The van der Waals surface area contributed by atoms with Gasteiger partial charge in [-0.1, -0.05) is 48.5 Å². The quantitative estimate of drug-likeness (QED) is 0.692. The molecule has 1 N–H and O–H groups in total. The molecule has 1 aliphatic carbocycles. The van der Waals surface area contributed by atoms with Crippen LogP contribution in [0.2, 0.25) is 0 Å². The van der Waals surface area contributed by atoms with Crippen LogP contribution in [0.4, 0.5) is 0 Å². The summed E-state index contributed by atoms with van der Waals surface area (Å²) in [4.78, 5) is 1.37. The summed E-state index contributed by atoms with van der Waals surface area (Å²) in [6, 6.07) is 9.32. The lowest BCUT2D eigenvalue weighted by atomic mass is 9.99. The van der Waals surface area contributed by atoms with Crippen LogP contribution in [0.25, 0.3) is 0 Å². The second-order valence-corrected chi connectivity index (χ2v) is 7.41. The molecule has 1 atom stereocenters. The maximum absolute atomic E-state index is 3.66. The number of benzene rings is 1. The highest BCUT2D eigenvalue weighted by Gasteiger charge is 2.19. The Morgan fingerprint density at radius 3 is 2.58 bits per heavy atom. The third kappa shape index (κ3) is 5.49. The third-order valence-corrected chi connectivity index (χ3v) is 5.55. The van der Waals surface area contributed by atoms with Crippen molar-refractivity contribution in [3.63, 3.8) is 0 Å². The maximum atomic E-state index is 3.66. The van der Waals surface area contributed by atoms with E-state index >= 15 is 0 Å². The van der Waals surface area contributed by atoms with Gasteiger partial charge < -0.3 is 5.32 Å². The summed E-state index contributed by atoms with van der Waals surface area (Å²) in [5, 5.41) is 3.66. The van der Waals surface area contributed by atoms with E-state index in [0.717, 1.165) is 16.9 Å². The molecule has 0 bridgehead atoms. The summed E-state index contributed by atoms with van der Waals surface area (Å²) in [6.07, 6.45) is 7.15. The first kappa shape index (κ1) is 15.4. The van der Waals surface area contributed by atoms with Gasteiger partial charge in [-0.15, -0.1) is 11.8 Å². The van der Waals surface area contributed by atoms with E-state index in [2.05, 4.69) is 52.4 Å². The van der Waals surface area contributed by atoms with Crippen LogP contribution >= 0.6 is 27.7 Å². The first-order valence-electron chi connectivity index (χ1n) is 7.39. The van der Waals surface area contributed by atoms with E-state index in [4.69, 9.17) is 0 Å². The highest BCUT2D eigenvalue weighted by molar-refractivity contribution is 9.10. The van der Waals surface area contributed by atoms with Crippen molar-refractivity contribution in [2.24, 2.45) is 5.92 Å². The molecular weight excluding hydrogens is 318 g/mol. The van der Waals surface area contributed by atoms with Crippen LogP contribution in [-0.4, -0.2) is 18.3 Å². The normalized spacial score (nSPS) is 17.8. The van der Waals surface area contributed by atoms with Gasteiger partial charge in [0.15, 0.2) is 0 Å². The van der Waals surface area contributed by atoms with Crippen LogP contribution in [-0.2, 0) is 0 Å². The van der Waals surface area contributed by atoms with Gasteiger partial charge in [0.05, 0.1) is 0 Å². The highest BCUT2D eigenvalue weighted by atomic mass is 79.9. The predicted molar refractivity (Wildman–Crippen MR) is 88.9 cm³/mol. The largest absolute Gasteiger partial charge is 0.313 e. The van der Waals surface area contributed by atoms with Crippen molar-refractivity contribution >= 4 is 27.7 Å². The Hall–Kier alpha value is 0.01000. The highest BCUT2D eigenvalue weighted by Crippen LogP contribution is 2.30. The van der Waals surface area contributed by atoms with Crippen LogP contribution in [0.3, 0.4) is 0 Å². The lowest BCUT2D eigenvalue weighted by Gasteiger charge is -2.21. The molecule has 0 amide bonds. The van der Waals surface area contributed by atoms with E-state index in [-0.39, 0.29) is 0 Å². The molecule has 1 aromatic carbocycles. The molecule has 1 unspecified atom stereocenters. The van der Waals surface area contributed by atoms with E-state index in [1.807, 2.05) is 11.8 Å². The van der Waals surface area contributed by atoms with Gasteiger partial charge in [0, 0.05) is 21.2 Å². The fourth-order valence-electron chi connectivity index (χ4n) is 2.88. The minimum atomic E-state index is 0.668. The summed E-state index contributed by atoms with van der Waals surface area (Å²) in [5.41, 5.74) is 0. The zero-order valence-electron chi connectivity index (χ0n) is 11.7. The van der Waals surface area contributed by atoms with Crippen LogP contribution in [0.1, 0.15) is 39.0 Å². The maximum Gasteiger partial charge on any atom is 0.0176 e. The molecule has 1 aromatic rings. The number of thioether (sulfide) groups is 1. The molecule has 2 rings (SSSR count). The molecular formula is C16H24BrNS. The molecule has 106 valence electrons. The summed E-state index contributed by atoms with van der Waals surface area (Å²) in [6.45, 7) is 3.30. The van der Waals surface area contributed by atoms with Crippen molar-refractivity contribution in [3.8, 4) is 0 Å². The smallest absolute Gasteiger partial charge is 0.0176 e. The van der Waals surface area contributed by atoms with Gasteiger partial charge in [-0.25, -0.2) is 0 Å². The Morgan fingerprint density at radius 1 is 1.26 bits per heavy atom. The molecule has 3 heteroatoms. The van der Waals surface area contributed by atoms with Gasteiger partial charge in [-0.3, -0.25) is 0 Å². The molecule has 0 spiro atoms. The Morgan fingerprint density at radius 2 is 1.95 bits per heavy atom. The Labute approximate surface area is 130 Å². The van der Waals surface area contributed by atoms with E-state index in [0.29, 0.717) is 6.04 Å². The van der Waals surface area contributed by atoms with Crippen molar-refractivity contribution in [3.05, 3.63) is 28.7 Å². The lowest BCUT2D eigenvalue weighted by Crippen LogP contribution is -2.32. The van der Waals surface area contributed by atoms with Crippen LogP contribution in [0.5, 0.6) is 0 Å². The van der Waals surface area contributed by atoms with Crippen molar-refractivity contribution in [1.82, 2.24) is 5.32 Å². The fraction of sp³-hybridized carbons (Fsp3) is 0.625. The molecule has 1 aliphatic rings. The zero-order chi connectivity index (χ0) is 13.5. The SMILES string of the molecule is CCNC(CSc1ccc(Br)cc1)CC1CCCC1. The van der Waals surface area contributed by atoms with Gasteiger partial charge in [-0.2, -0.15) is 0 Å². The van der Waals surface area contributed by atoms with Gasteiger partial charge in [-0.05, 0) is 43.1 Å². The molecule has 0 aromatic heterocycles. The second kappa shape index (κ2) is 8.33. The zero-order valence-corrected chi connectivity index (χ0v) is 14.1. The fourth-order valence-corrected chi connectivity index (χ4v) is 4.12. The van der Waals surface area contributed by atoms with Gasteiger partial charge in [0.25, 0.3) is 0 Å². The molecule has 1 fully saturated rings. The first-order chi connectivity index (χ1) is 9.28. The number of halogens is 1. The molecule has 1 nitrogen and oxygen atoms in total. The number of hydrogen-bond acceptors (Lipinski definition) is 2. The molecule has 0 heterocycles. The summed E-state index contributed by atoms with van der Waals surface area (Å²) < 4.78 is 1.16. The molecule has 0 radical (unpaired) electrons. The topological polar surface area (TPSA) is 12.0 Å². The Balaban J connectivity index is 1.80. The van der Waals surface area contributed by atoms with Crippen LogP contribution in [0.15, 0.2) is 33.6 Å². The van der Waals surface area contributed by atoms with Crippen molar-refractivity contribution < 1.29 is 0 Å². The second-order valence-electron chi connectivity index (χ2n) is 5.41. The predicted octanol–water partition coefficient (Wildman–Crippen LogP) is 5.10. The summed E-state index contributed by atoms with van der Waals surface area (Å²) in [7, 11) is 0. The van der Waals surface area contributed by atoms with Crippen molar-refractivity contribution in [2.75, 3.05) is 12.3 Å². The van der Waals surface area contributed by atoms with E-state index in [1.54, 1.807) is 0 Å². The minimum absolute atomic E-state index is 0.668. The number of rotatable bonds is 7. The van der Waals surface area contributed by atoms with Gasteiger partial charge in [0.2, 0.25) is 0 Å². The molecule has 0 aliphatic heterocycles. The van der Waals surface area contributed by atoms with E-state index in [9.17, 15) is 0 Å². The number of nitrogens with one attached hydrogen (secondary N) is 1. The van der Waals surface area contributed by atoms with E-state index < -0.39 is 0 Å². The van der Waals surface area contributed by atoms with Crippen molar-refractivity contribution in [2.45, 2.75) is 50.0 Å². The Bertz CT molecular complexity index is 360. The van der Waals surface area contributed by atoms with Crippen molar-refractivity contribution in [1.29, 1.82) is 0 Å². The third-order valence-electron chi connectivity index (χ3n) is 3.85. The average molecular weight is 342 g/mol. The van der Waals surface area contributed by atoms with Gasteiger partial charge in [0.1, 0.15) is 0 Å². The van der Waals surface area contributed by atoms with Crippen LogP contribution < -0.4 is 5.32 Å². The molecule has 0 saturated heterocycles. The van der Waals surface area contributed by atoms with Crippen LogP contribution in [0, 0.1) is 5.92 Å².